The van der Waals surface area contributed by atoms with Gasteiger partial charge in [-0.1, -0.05) is 82.3 Å². The van der Waals surface area contributed by atoms with Crippen LogP contribution in [0.3, 0.4) is 0 Å². The molecule has 12 heteroatoms. The van der Waals surface area contributed by atoms with Gasteiger partial charge < -0.3 is 30.7 Å². The van der Waals surface area contributed by atoms with Crippen LogP contribution in [0, 0.1) is 0 Å². The van der Waals surface area contributed by atoms with Crippen molar-refractivity contribution in [3.8, 4) is 0 Å². The van der Waals surface area contributed by atoms with Crippen LogP contribution in [-0.4, -0.2) is 82.3 Å². The van der Waals surface area contributed by atoms with Gasteiger partial charge in [0.05, 0.1) is 12.1 Å². The molecule has 4 N–H and O–H groups in total. The van der Waals surface area contributed by atoms with E-state index in [4.69, 9.17) is 20.9 Å². The number of likely N-dealkylation sites (tertiary alicyclic amines) is 2. The summed E-state index contributed by atoms with van der Waals surface area (Å²) in [4.78, 5) is 54.5. The van der Waals surface area contributed by atoms with Gasteiger partial charge >= 0.3 is 11.9 Å². The summed E-state index contributed by atoms with van der Waals surface area (Å²) in [7, 11) is 2.70. The quantitative estimate of drug-likeness (QED) is 0.196. The van der Waals surface area contributed by atoms with Crippen molar-refractivity contribution in [2.24, 2.45) is 11.5 Å². The van der Waals surface area contributed by atoms with Crippen LogP contribution in [0.4, 0.5) is 0 Å². The predicted molar refractivity (Wildman–Crippen MR) is 163 cm³/mol. The van der Waals surface area contributed by atoms with E-state index in [1.807, 2.05) is 60.7 Å². The summed E-state index contributed by atoms with van der Waals surface area (Å²) in [6.45, 7) is 1.23. The van der Waals surface area contributed by atoms with Crippen LogP contribution in [0.25, 0.3) is 0 Å². The van der Waals surface area contributed by atoms with Crippen LogP contribution in [0.5, 0.6) is 0 Å². The van der Waals surface area contributed by atoms with Crippen LogP contribution in [0.1, 0.15) is 36.8 Å². The Morgan fingerprint density at radius 1 is 0.690 bits per heavy atom. The second-order valence-corrected chi connectivity index (χ2v) is 12.9. The van der Waals surface area contributed by atoms with E-state index in [1.165, 1.54) is 31.4 Å². The Balaban J connectivity index is 1.17. The molecule has 226 valence electrons. The fourth-order valence-electron chi connectivity index (χ4n) is 5.01. The highest BCUT2D eigenvalue weighted by atomic mass is 33.1. The molecule has 0 aromatic heterocycles. The van der Waals surface area contributed by atoms with Crippen molar-refractivity contribution in [2.45, 2.75) is 63.1 Å². The SMILES string of the molecule is N[C@@H](CSSC[C@H](N)C(=O)N1CCC[C@H]1C(=O)OCc1ccccc1)C(=O)N1CCC[C@H]1C(=O)OCc1ccccc1. The van der Waals surface area contributed by atoms with Crippen molar-refractivity contribution >= 4 is 45.3 Å². The molecular formula is C30H38N4O6S2. The number of benzene rings is 2. The van der Waals surface area contributed by atoms with Crippen LogP contribution < -0.4 is 11.5 Å². The number of esters is 2. The van der Waals surface area contributed by atoms with Gasteiger partial charge in [-0.25, -0.2) is 9.59 Å². The average molecular weight is 615 g/mol. The number of carbonyl (C=O) groups excluding carboxylic acids is 4. The van der Waals surface area contributed by atoms with Gasteiger partial charge in [-0.05, 0) is 36.8 Å². The van der Waals surface area contributed by atoms with Crippen molar-refractivity contribution < 1.29 is 28.7 Å². The summed E-state index contributed by atoms with van der Waals surface area (Å²) in [5.41, 5.74) is 14.1. The average Bonchev–Trinajstić information content (AvgIpc) is 3.71. The second kappa shape index (κ2) is 16.0. The molecule has 42 heavy (non-hydrogen) atoms. The van der Waals surface area contributed by atoms with E-state index >= 15 is 0 Å². The zero-order valence-electron chi connectivity index (χ0n) is 23.5. The molecule has 2 aliphatic heterocycles. The van der Waals surface area contributed by atoms with Crippen LogP contribution >= 0.6 is 21.6 Å². The smallest absolute Gasteiger partial charge is 0.329 e. The lowest BCUT2D eigenvalue weighted by Crippen LogP contribution is -2.50. The highest BCUT2D eigenvalue weighted by Crippen LogP contribution is 2.26. The van der Waals surface area contributed by atoms with Crippen LogP contribution in [-0.2, 0) is 41.9 Å². The van der Waals surface area contributed by atoms with Crippen molar-refractivity contribution in [3.05, 3.63) is 71.8 Å². The summed E-state index contributed by atoms with van der Waals surface area (Å²) in [6, 6.07) is 15.9. The molecule has 0 saturated carbocycles. The summed E-state index contributed by atoms with van der Waals surface area (Å²) in [5.74, 6) is -0.844. The van der Waals surface area contributed by atoms with Gasteiger partial charge in [0.25, 0.3) is 0 Å². The van der Waals surface area contributed by atoms with Gasteiger partial charge in [0.15, 0.2) is 0 Å². The largest absolute Gasteiger partial charge is 0.459 e. The maximum absolute atomic E-state index is 13.0. The van der Waals surface area contributed by atoms with Crippen molar-refractivity contribution in [1.82, 2.24) is 9.80 Å². The van der Waals surface area contributed by atoms with Crippen LogP contribution in [0.15, 0.2) is 60.7 Å². The Morgan fingerprint density at radius 2 is 1.07 bits per heavy atom. The topological polar surface area (TPSA) is 145 Å². The lowest BCUT2D eigenvalue weighted by molar-refractivity contribution is -0.154. The van der Waals surface area contributed by atoms with Gasteiger partial charge in [-0.15, -0.1) is 0 Å². The molecule has 2 heterocycles. The molecule has 2 fully saturated rings. The molecular weight excluding hydrogens is 576 g/mol. The number of nitrogens with two attached hydrogens (primary N) is 2. The fourth-order valence-corrected chi connectivity index (χ4v) is 7.24. The Kier molecular flexibility index (Phi) is 12.1. The number of hydrogen-bond acceptors (Lipinski definition) is 10. The Hall–Kier alpha value is -3.06. The summed E-state index contributed by atoms with van der Waals surface area (Å²) in [5, 5.41) is 0. The molecule has 2 aromatic rings. The molecule has 2 amide bonds. The van der Waals surface area contributed by atoms with Crippen molar-refractivity contribution in [1.29, 1.82) is 0 Å². The van der Waals surface area contributed by atoms with Gasteiger partial charge in [0.1, 0.15) is 25.3 Å². The molecule has 0 unspecified atom stereocenters. The molecule has 0 radical (unpaired) electrons. The van der Waals surface area contributed by atoms with E-state index in [1.54, 1.807) is 0 Å². The molecule has 4 atom stereocenters. The number of carbonyl (C=O) groups is 4. The molecule has 0 bridgehead atoms. The van der Waals surface area contributed by atoms with Crippen molar-refractivity contribution in [2.75, 3.05) is 24.6 Å². The Bertz CT molecular complexity index is 1110. The first-order valence-electron chi connectivity index (χ1n) is 14.1. The molecule has 10 nitrogen and oxygen atoms in total. The molecule has 0 aliphatic carbocycles. The first-order valence-corrected chi connectivity index (χ1v) is 16.6. The highest BCUT2D eigenvalue weighted by Gasteiger charge is 2.38. The number of ether oxygens (including phenoxy) is 2. The van der Waals surface area contributed by atoms with E-state index < -0.39 is 36.1 Å². The summed E-state index contributed by atoms with van der Waals surface area (Å²) >= 11 is 0. The number of amides is 2. The Labute approximate surface area is 254 Å². The third kappa shape index (κ3) is 8.73. The van der Waals surface area contributed by atoms with Crippen LogP contribution in [0.2, 0.25) is 0 Å². The van der Waals surface area contributed by atoms with Crippen molar-refractivity contribution in [3.63, 3.8) is 0 Å². The highest BCUT2D eigenvalue weighted by molar-refractivity contribution is 8.76. The number of nitrogens with zero attached hydrogens (tertiary/aromatic N) is 2. The minimum absolute atomic E-state index is 0.156. The van der Waals surface area contributed by atoms with E-state index in [9.17, 15) is 19.2 Å². The summed E-state index contributed by atoms with van der Waals surface area (Å²) in [6.07, 6.45) is 2.50. The monoisotopic (exact) mass is 614 g/mol. The van der Waals surface area contributed by atoms with E-state index in [2.05, 4.69) is 0 Å². The Morgan fingerprint density at radius 3 is 1.45 bits per heavy atom. The molecule has 4 rings (SSSR count). The van der Waals surface area contributed by atoms with Gasteiger partial charge in [0.2, 0.25) is 11.8 Å². The zero-order valence-corrected chi connectivity index (χ0v) is 25.1. The first-order chi connectivity index (χ1) is 20.3. The van der Waals surface area contributed by atoms with E-state index in [0.717, 1.165) is 11.1 Å². The fraction of sp³-hybridized carbons (Fsp3) is 0.467. The molecule has 0 spiro atoms. The minimum Gasteiger partial charge on any atom is -0.459 e. The van der Waals surface area contributed by atoms with E-state index in [-0.39, 0.29) is 25.0 Å². The zero-order chi connectivity index (χ0) is 29.9. The maximum atomic E-state index is 13.0. The molecule has 2 aliphatic rings. The van der Waals surface area contributed by atoms with Gasteiger partial charge in [0, 0.05) is 24.6 Å². The molecule has 2 saturated heterocycles. The first kappa shape index (κ1) is 31.9. The van der Waals surface area contributed by atoms with E-state index in [0.29, 0.717) is 50.3 Å². The standard InChI is InChI=1S/C30H38N4O6S2/c31-23(27(35)33-15-7-13-25(33)29(37)39-17-21-9-3-1-4-10-21)19-41-42-20-24(32)28(36)34-16-8-14-26(34)30(38)40-18-22-11-5-2-6-12-22/h1-6,9-12,23-26H,7-8,13-20,31-32H2/t23-,24-,25-,26-/m0/s1. The predicted octanol–water partition coefficient (Wildman–Crippen LogP) is 2.49. The number of hydrogen-bond donors (Lipinski definition) is 2. The van der Waals surface area contributed by atoms with Gasteiger partial charge in [-0.2, -0.15) is 0 Å². The third-order valence-corrected chi connectivity index (χ3v) is 9.75. The summed E-state index contributed by atoms with van der Waals surface area (Å²) < 4.78 is 10.9. The number of rotatable bonds is 13. The lowest BCUT2D eigenvalue weighted by Gasteiger charge is -2.26. The maximum Gasteiger partial charge on any atom is 0.329 e. The second-order valence-electron chi connectivity index (χ2n) is 10.3. The van der Waals surface area contributed by atoms with Gasteiger partial charge in [-0.3, -0.25) is 9.59 Å². The normalized spacial score (nSPS) is 19.8. The lowest BCUT2D eigenvalue weighted by atomic mass is 10.2. The third-order valence-electron chi connectivity index (χ3n) is 7.28. The minimum atomic E-state index is -0.806. The molecule has 2 aromatic carbocycles.